The number of halogens is 4. The van der Waals surface area contributed by atoms with Crippen LogP contribution in [0, 0.1) is 0 Å². The summed E-state index contributed by atoms with van der Waals surface area (Å²) in [4.78, 5) is 0. The van der Waals surface area contributed by atoms with Gasteiger partial charge in [0.25, 0.3) is 0 Å². The summed E-state index contributed by atoms with van der Waals surface area (Å²) in [6.07, 6.45) is -4.40. The van der Waals surface area contributed by atoms with E-state index in [1.807, 2.05) is 0 Å². The van der Waals surface area contributed by atoms with E-state index < -0.39 is 11.7 Å². The molecular weight excluding hydrogens is 261 g/mol. The van der Waals surface area contributed by atoms with Crippen molar-refractivity contribution in [3.05, 3.63) is 28.8 Å². The van der Waals surface area contributed by atoms with Crippen LogP contribution in [-0.4, -0.2) is 12.2 Å². The Kier molecular flexibility index (Phi) is 3.98. The first-order valence-electron chi connectivity index (χ1n) is 4.20. The Balaban J connectivity index is 2.96. The number of alkyl halides is 3. The van der Waals surface area contributed by atoms with Gasteiger partial charge in [-0.2, -0.15) is 13.2 Å². The molecular formula is C9H8ClF3N2S. The van der Waals surface area contributed by atoms with Gasteiger partial charge in [-0.05, 0) is 30.4 Å². The lowest BCUT2D eigenvalue weighted by Crippen LogP contribution is -2.24. The molecule has 88 valence electrons. The largest absolute Gasteiger partial charge is 0.416 e. The number of benzene rings is 1. The summed E-state index contributed by atoms with van der Waals surface area (Å²) in [6, 6.07) is 3.02. The Labute approximate surface area is 101 Å². The second-order valence-corrected chi connectivity index (χ2v) is 3.71. The van der Waals surface area contributed by atoms with Crippen LogP contribution in [0.5, 0.6) is 0 Å². The van der Waals surface area contributed by atoms with Crippen LogP contribution in [0.1, 0.15) is 5.56 Å². The van der Waals surface area contributed by atoms with Crippen LogP contribution in [0.25, 0.3) is 0 Å². The van der Waals surface area contributed by atoms with E-state index in [9.17, 15) is 13.2 Å². The third-order valence-corrected chi connectivity index (χ3v) is 2.39. The Hall–Kier alpha value is -1.01. The van der Waals surface area contributed by atoms with Crippen molar-refractivity contribution in [3.8, 4) is 0 Å². The van der Waals surface area contributed by atoms with Crippen molar-refractivity contribution in [2.75, 3.05) is 12.4 Å². The molecule has 0 amide bonds. The summed E-state index contributed by atoms with van der Waals surface area (Å²) < 4.78 is 36.9. The predicted molar refractivity (Wildman–Crippen MR) is 61.7 cm³/mol. The second-order valence-electron chi connectivity index (χ2n) is 2.90. The van der Waals surface area contributed by atoms with E-state index in [-0.39, 0.29) is 10.1 Å². The predicted octanol–water partition coefficient (Wildman–Crippen LogP) is 3.28. The van der Waals surface area contributed by atoms with E-state index >= 15 is 0 Å². The number of hydrogen-bond acceptors (Lipinski definition) is 1. The molecule has 0 fully saturated rings. The molecule has 1 aromatic carbocycles. The number of hydrogen-bond donors (Lipinski definition) is 2. The average Bonchev–Trinajstić information content (AvgIpc) is 2.19. The van der Waals surface area contributed by atoms with Crippen molar-refractivity contribution in [1.82, 2.24) is 5.32 Å². The zero-order chi connectivity index (χ0) is 12.3. The maximum atomic E-state index is 12.3. The molecule has 0 aliphatic carbocycles. The molecule has 16 heavy (non-hydrogen) atoms. The van der Waals surface area contributed by atoms with Gasteiger partial charge in [0, 0.05) is 7.05 Å². The molecule has 0 saturated carbocycles. The number of rotatable bonds is 1. The Morgan fingerprint density at radius 1 is 1.38 bits per heavy atom. The van der Waals surface area contributed by atoms with E-state index in [0.29, 0.717) is 5.69 Å². The van der Waals surface area contributed by atoms with Gasteiger partial charge in [0.15, 0.2) is 5.11 Å². The molecule has 0 aromatic heterocycles. The number of anilines is 1. The maximum Gasteiger partial charge on any atom is 0.416 e. The summed E-state index contributed by atoms with van der Waals surface area (Å²) in [5, 5.41) is 5.53. The summed E-state index contributed by atoms with van der Waals surface area (Å²) in [5.41, 5.74) is -0.465. The number of thiocarbonyl (C=S) groups is 1. The highest BCUT2D eigenvalue weighted by atomic mass is 35.5. The lowest BCUT2D eigenvalue weighted by Gasteiger charge is -2.11. The van der Waals surface area contributed by atoms with Gasteiger partial charge in [-0.1, -0.05) is 11.6 Å². The van der Waals surface area contributed by atoms with Gasteiger partial charge in [-0.25, -0.2) is 0 Å². The summed E-state index contributed by atoms with van der Waals surface area (Å²) in [5.74, 6) is 0. The van der Waals surface area contributed by atoms with E-state index in [2.05, 4.69) is 10.6 Å². The maximum absolute atomic E-state index is 12.3. The molecule has 2 N–H and O–H groups in total. The SMILES string of the molecule is CNC(=S)Nc1ccc(C(F)(F)F)cc1Cl. The van der Waals surface area contributed by atoms with Crippen molar-refractivity contribution < 1.29 is 13.2 Å². The minimum Gasteiger partial charge on any atom is -0.366 e. The van der Waals surface area contributed by atoms with Crippen LogP contribution in [0.15, 0.2) is 18.2 Å². The summed E-state index contributed by atoms with van der Waals surface area (Å²) in [7, 11) is 1.59. The highest BCUT2D eigenvalue weighted by molar-refractivity contribution is 7.80. The molecule has 2 nitrogen and oxygen atoms in total. The highest BCUT2D eigenvalue weighted by Gasteiger charge is 2.30. The fourth-order valence-electron chi connectivity index (χ4n) is 0.978. The average molecular weight is 269 g/mol. The smallest absolute Gasteiger partial charge is 0.366 e. The van der Waals surface area contributed by atoms with Gasteiger partial charge in [0.2, 0.25) is 0 Å². The molecule has 1 rings (SSSR count). The summed E-state index contributed by atoms with van der Waals surface area (Å²) in [6.45, 7) is 0. The van der Waals surface area contributed by atoms with Crippen molar-refractivity contribution in [3.63, 3.8) is 0 Å². The zero-order valence-electron chi connectivity index (χ0n) is 8.15. The fourth-order valence-corrected chi connectivity index (χ4v) is 1.32. The van der Waals surface area contributed by atoms with Crippen LogP contribution in [0.4, 0.5) is 18.9 Å². The van der Waals surface area contributed by atoms with Crippen molar-refractivity contribution in [1.29, 1.82) is 0 Å². The topological polar surface area (TPSA) is 24.1 Å². The molecule has 1 aromatic rings. The molecule has 0 aliphatic heterocycles. The van der Waals surface area contributed by atoms with Crippen molar-refractivity contribution in [2.45, 2.75) is 6.18 Å². The van der Waals surface area contributed by atoms with Crippen molar-refractivity contribution >= 4 is 34.6 Å². The van der Waals surface area contributed by atoms with E-state index in [0.717, 1.165) is 12.1 Å². The molecule has 0 radical (unpaired) electrons. The second kappa shape index (κ2) is 4.88. The van der Waals surface area contributed by atoms with E-state index in [1.54, 1.807) is 7.05 Å². The van der Waals surface area contributed by atoms with Crippen LogP contribution < -0.4 is 10.6 Å². The molecule has 0 heterocycles. The van der Waals surface area contributed by atoms with Gasteiger partial charge in [-0.3, -0.25) is 0 Å². The van der Waals surface area contributed by atoms with Crippen LogP contribution in [-0.2, 0) is 6.18 Å². The first-order chi connectivity index (χ1) is 7.34. The molecule has 0 saturated heterocycles. The lowest BCUT2D eigenvalue weighted by molar-refractivity contribution is -0.137. The Morgan fingerprint density at radius 3 is 2.44 bits per heavy atom. The van der Waals surface area contributed by atoms with Gasteiger partial charge >= 0.3 is 6.18 Å². The van der Waals surface area contributed by atoms with E-state index in [1.165, 1.54) is 6.07 Å². The van der Waals surface area contributed by atoms with E-state index in [4.69, 9.17) is 23.8 Å². The minimum absolute atomic E-state index is 0.0348. The summed E-state index contributed by atoms with van der Waals surface area (Å²) >= 11 is 10.5. The standard InChI is InChI=1S/C9H8ClF3N2S/c1-14-8(16)15-7-3-2-5(4-6(7)10)9(11,12)13/h2-4H,1H3,(H2,14,15,16). The molecule has 0 spiro atoms. The number of nitrogens with one attached hydrogen (secondary N) is 2. The van der Waals surface area contributed by atoms with Gasteiger partial charge in [0.1, 0.15) is 0 Å². The molecule has 7 heteroatoms. The van der Waals surface area contributed by atoms with Crippen LogP contribution >= 0.6 is 23.8 Å². The normalized spacial score (nSPS) is 11.1. The Bertz CT molecular complexity index is 406. The van der Waals surface area contributed by atoms with Crippen LogP contribution in [0.3, 0.4) is 0 Å². The zero-order valence-corrected chi connectivity index (χ0v) is 9.72. The molecule has 0 unspecified atom stereocenters. The first kappa shape index (κ1) is 13.1. The van der Waals surface area contributed by atoms with Crippen molar-refractivity contribution in [2.24, 2.45) is 0 Å². The highest BCUT2D eigenvalue weighted by Crippen LogP contribution is 2.33. The fraction of sp³-hybridized carbons (Fsp3) is 0.222. The Morgan fingerprint density at radius 2 is 2.00 bits per heavy atom. The van der Waals surface area contributed by atoms with Gasteiger partial charge in [-0.15, -0.1) is 0 Å². The first-order valence-corrected chi connectivity index (χ1v) is 4.98. The minimum atomic E-state index is -4.40. The van der Waals surface area contributed by atoms with Gasteiger partial charge in [0.05, 0.1) is 16.3 Å². The third kappa shape index (κ3) is 3.24. The monoisotopic (exact) mass is 268 g/mol. The van der Waals surface area contributed by atoms with Gasteiger partial charge < -0.3 is 10.6 Å². The quantitative estimate of drug-likeness (QED) is 0.765. The van der Waals surface area contributed by atoms with Crippen LogP contribution in [0.2, 0.25) is 5.02 Å². The molecule has 0 atom stereocenters. The third-order valence-electron chi connectivity index (χ3n) is 1.77. The molecule has 0 aliphatic rings. The lowest BCUT2D eigenvalue weighted by atomic mass is 10.2. The molecule has 0 bridgehead atoms.